The van der Waals surface area contributed by atoms with Crippen LogP contribution in [0.4, 0.5) is 0 Å². The number of ether oxygens (including phenoxy) is 2. The van der Waals surface area contributed by atoms with Gasteiger partial charge >= 0.3 is 0 Å². The minimum absolute atomic E-state index is 0.0159. The van der Waals surface area contributed by atoms with Gasteiger partial charge in [-0.3, -0.25) is 4.79 Å². The monoisotopic (exact) mass is 353 g/mol. The molecule has 5 heteroatoms. The molecule has 0 aromatic heterocycles. The molecular weight excluding hydrogens is 330 g/mol. The zero-order valence-electron chi connectivity index (χ0n) is 14.7. The number of aliphatic hydroxyl groups is 1. The van der Waals surface area contributed by atoms with Crippen LogP contribution in [0, 0.1) is 5.92 Å². The third-order valence-corrected chi connectivity index (χ3v) is 5.11. The Balaban J connectivity index is 1.54. The molecule has 0 saturated heterocycles. The topological polar surface area (TPSA) is 59.0 Å². The summed E-state index contributed by atoms with van der Waals surface area (Å²) in [5.74, 6) is 1.75. The summed E-state index contributed by atoms with van der Waals surface area (Å²) in [6, 6.07) is 13.6. The quantitative estimate of drug-likeness (QED) is 0.901. The van der Waals surface area contributed by atoms with Crippen molar-refractivity contribution < 1.29 is 19.4 Å². The van der Waals surface area contributed by atoms with Gasteiger partial charge in [0.1, 0.15) is 18.1 Å². The summed E-state index contributed by atoms with van der Waals surface area (Å²) in [7, 11) is 0. The minimum Gasteiger partial charge on any atom is -0.493 e. The van der Waals surface area contributed by atoms with Crippen molar-refractivity contribution in [2.24, 2.45) is 5.92 Å². The van der Waals surface area contributed by atoms with Crippen molar-refractivity contribution in [1.29, 1.82) is 0 Å². The summed E-state index contributed by atoms with van der Waals surface area (Å²) in [6.07, 6.45) is 1.42. The van der Waals surface area contributed by atoms with Crippen LogP contribution in [-0.2, 0) is 24.4 Å². The fourth-order valence-electron chi connectivity index (χ4n) is 3.70. The van der Waals surface area contributed by atoms with Crippen LogP contribution in [0.25, 0.3) is 0 Å². The molecule has 0 aliphatic carbocycles. The summed E-state index contributed by atoms with van der Waals surface area (Å²) < 4.78 is 11.6. The van der Waals surface area contributed by atoms with Gasteiger partial charge in [0, 0.05) is 18.0 Å². The normalized spacial score (nSPS) is 19.3. The van der Waals surface area contributed by atoms with Crippen LogP contribution in [0.5, 0.6) is 11.5 Å². The van der Waals surface area contributed by atoms with Gasteiger partial charge < -0.3 is 19.5 Å². The molecule has 0 fully saturated rings. The molecule has 0 spiro atoms. The fourth-order valence-corrected chi connectivity index (χ4v) is 3.70. The second-order valence-corrected chi connectivity index (χ2v) is 6.85. The Morgan fingerprint density at radius 2 is 1.88 bits per heavy atom. The van der Waals surface area contributed by atoms with Gasteiger partial charge in [0.25, 0.3) is 0 Å². The number of amides is 1. The van der Waals surface area contributed by atoms with Gasteiger partial charge in [-0.2, -0.15) is 0 Å². The number of nitrogens with zero attached hydrogens (tertiary/aromatic N) is 1. The molecule has 2 aliphatic heterocycles. The van der Waals surface area contributed by atoms with Crippen LogP contribution < -0.4 is 9.47 Å². The highest BCUT2D eigenvalue weighted by Gasteiger charge is 2.29. The summed E-state index contributed by atoms with van der Waals surface area (Å²) in [6.45, 7) is 2.11. The predicted molar refractivity (Wildman–Crippen MR) is 97.0 cm³/mol. The Morgan fingerprint density at radius 1 is 1.08 bits per heavy atom. The molecule has 2 aromatic rings. The lowest BCUT2D eigenvalue weighted by molar-refractivity contribution is -0.136. The Hall–Kier alpha value is -2.53. The highest BCUT2D eigenvalue weighted by atomic mass is 16.5. The second kappa shape index (κ2) is 7.38. The Kier molecular flexibility index (Phi) is 4.80. The maximum atomic E-state index is 13.2. The highest BCUT2D eigenvalue weighted by Crippen LogP contribution is 2.30. The lowest BCUT2D eigenvalue weighted by atomic mass is 9.95. The van der Waals surface area contributed by atoms with Crippen molar-refractivity contribution in [3.63, 3.8) is 0 Å². The molecule has 5 nitrogen and oxygen atoms in total. The smallest absolute Gasteiger partial charge is 0.226 e. The number of hydrogen-bond donors (Lipinski definition) is 1. The van der Waals surface area contributed by atoms with E-state index < -0.39 is 0 Å². The van der Waals surface area contributed by atoms with E-state index in [9.17, 15) is 9.90 Å². The molecule has 0 radical (unpaired) electrons. The van der Waals surface area contributed by atoms with Gasteiger partial charge in [-0.15, -0.1) is 0 Å². The van der Waals surface area contributed by atoms with E-state index in [1.807, 2.05) is 47.4 Å². The van der Waals surface area contributed by atoms with Crippen molar-refractivity contribution in [2.45, 2.75) is 26.0 Å². The van der Waals surface area contributed by atoms with Crippen molar-refractivity contribution in [2.75, 3.05) is 19.8 Å². The number of carbonyl (C=O) groups excluding carboxylic acids is 1. The summed E-state index contributed by atoms with van der Waals surface area (Å²) >= 11 is 0. The van der Waals surface area contributed by atoms with Crippen molar-refractivity contribution in [3.05, 3.63) is 59.2 Å². The number of para-hydroxylation sites is 1. The first-order chi connectivity index (χ1) is 12.7. The van der Waals surface area contributed by atoms with Crippen LogP contribution in [-0.4, -0.2) is 35.7 Å². The highest BCUT2D eigenvalue weighted by molar-refractivity contribution is 5.79. The molecular formula is C21H23NO4. The van der Waals surface area contributed by atoms with Gasteiger partial charge in [0.2, 0.25) is 5.91 Å². The summed E-state index contributed by atoms with van der Waals surface area (Å²) in [5.41, 5.74) is 2.88. The SMILES string of the molecule is O=C([C@H]1CCOc2ccccc2C1)N1CCOc2ccc(CO)cc2C1. The van der Waals surface area contributed by atoms with E-state index in [1.165, 1.54) is 0 Å². The average Bonchev–Trinajstić information content (AvgIpc) is 3.02. The average molecular weight is 353 g/mol. The Labute approximate surface area is 153 Å². The van der Waals surface area contributed by atoms with E-state index in [2.05, 4.69) is 0 Å². The predicted octanol–water partition coefficient (Wildman–Crippen LogP) is 2.54. The number of aliphatic hydroxyl groups excluding tert-OH is 1. The molecule has 26 heavy (non-hydrogen) atoms. The van der Waals surface area contributed by atoms with Gasteiger partial charge in [-0.05, 0) is 42.2 Å². The van der Waals surface area contributed by atoms with E-state index in [0.29, 0.717) is 39.1 Å². The fraction of sp³-hybridized carbons (Fsp3) is 0.381. The second-order valence-electron chi connectivity index (χ2n) is 6.85. The molecule has 0 bridgehead atoms. The molecule has 1 N–H and O–H groups in total. The number of fused-ring (bicyclic) bond motifs is 2. The van der Waals surface area contributed by atoms with Crippen LogP contribution in [0.3, 0.4) is 0 Å². The first-order valence-corrected chi connectivity index (χ1v) is 9.09. The van der Waals surface area contributed by atoms with Crippen molar-refractivity contribution in [3.8, 4) is 11.5 Å². The van der Waals surface area contributed by atoms with E-state index in [1.54, 1.807) is 0 Å². The van der Waals surface area contributed by atoms with Crippen LogP contribution in [0.15, 0.2) is 42.5 Å². The standard InChI is InChI=1S/C21H23NO4/c23-14-15-5-6-20-18(11-15)13-22(8-10-26-20)21(24)17-7-9-25-19-4-2-1-3-16(19)12-17/h1-6,11,17,23H,7-10,12-14H2/t17-/m0/s1. The Bertz CT molecular complexity index is 804. The first-order valence-electron chi connectivity index (χ1n) is 9.09. The molecule has 136 valence electrons. The molecule has 0 unspecified atom stereocenters. The van der Waals surface area contributed by atoms with Gasteiger partial charge in [0.05, 0.1) is 19.8 Å². The number of rotatable bonds is 2. The number of carbonyl (C=O) groups is 1. The largest absolute Gasteiger partial charge is 0.493 e. The lowest BCUT2D eigenvalue weighted by Gasteiger charge is -2.25. The van der Waals surface area contributed by atoms with Crippen molar-refractivity contribution >= 4 is 5.91 Å². The lowest BCUT2D eigenvalue weighted by Crippen LogP contribution is -2.38. The van der Waals surface area contributed by atoms with Gasteiger partial charge in [-0.25, -0.2) is 0 Å². The van der Waals surface area contributed by atoms with E-state index in [4.69, 9.17) is 9.47 Å². The van der Waals surface area contributed by atoms with Crippen LogP contribution >= 0.6 is 0 Å². The van der Waals surface area contributed by atoms with E-state index in [-0.39, 0.29) is 18.4 Å². The molecule has 4 rings (SSSR count). The number of hydrogen-bond acceptors (Lipinski definition) is 4. The van der Waals surface area contributed by atoms with Gasteiger partial charge in [-0.1, -0.05) is 24.3 Å². The Morgan fingerprint density at radius 3 is 2.77 bits per heavy atom. The number of benzene rings is 2. The van der Waals surface area contributed by atoms with E-state index >= 15 is 0 Å². The molecule has 2 aromatic carbocycles. The van der Waals surface area contributed by atoms with Crippen molar-refractivity contribution in [1.82, 2.24) is 4.90 Å². The molecule has 2 heterocycles. The molecule has 1 atom stereocenters. The first kappa shape index (κ1) is 16.9. The van der Waals surface area contributed by atoms with E-state index in [0.717, 1.165) is 28.2 Å². The molecule has 0 saturated carbocycles. The van der Waals surface area contributed by atoms with Crippen LogP contribution in [0.2, 0.25) is 0 Å². The molecule has 1 amide bonds. The maximum absolute atomic E-state index is 13.2. The third kappa shape index (κ3) is 3.40. The zero-order valence-corrected chi connectivity index (χ0v) is 14.7. The summed E-state index contributed by atoms with van der Waals surface area (Å²) in [4.78, 5) is 15.1. The van der Waals surface area contributed by atoms with Crippen LogP contribution in [0.1, 0.15) is 23.1 Å². The van der Waals surface area contributed by atoms with Gasteiger partial charge in [0.15, 0.2) is 0 Å². The molecule has 2 aliphatic rings. The minimum atomic E-state index is -0.0822. The summed E-state index contributed by atoms with van der Waals surface area (Å²) in [5, 5.41) is 9.38. The zero-order chi connectivity index (χ0) is 17.9. The maximum Gasteiger partial charge on any atom is 0.226 e. The third-order valence-electron chi connectivity index (χ3n) is 5.11.